The number of benzene rings is 2. The third-order valence-corrected chi connectivity index (χ3v) is 4.86. The number of aromatic carboxylic acids is 1. The van der Waals surface area contributed by atoms with Crippen molar-refractivity contribution in [3.8, 4) is 0 Å². The van der Waals surface area contributed by atoms with Gasteiger partial charge in [0.05, 0.1) is 33.1 Å². The van der Waals surface area contributed by atoms with E-state index in [-0.39, 0.29) is 17.3 Å². The van der Waals surface area contributed by atoms with E-state index in [9.17, 15) is 38.6 Å². The number of likely N-dealkylation sites (tertiary alicyclic amines) is 1. The van der Waals surface area contributed by atoms with Crippen LogP contribution in [0.15, 0.2) is 36.4 Å². The number of rotatable bonds is 5. The first kappa shape index (κ1) is 25.3. The summed E-state index contributed by atoms with van der Waals surface area (Å²) in [5, 5.41) is 31.8. The Hall–Kier alpha value is -4.00. The van der Waals surface area contributed by atoms with E-state index >= 15 is 0 Å². The molecule has 33 heavy (non-hydrogen) atoms. The molecular weight excluding hydrogens is 446 g/mol. The van der Waals surface area contributed by atoms with E-state index in [4.69, 9.17) is 5.11 Å². The summed E-state index contributed by atoms with van der Waals surface area (Å²) in [6, 6.07) is 5.44. The molecule has 1 amide bonds. The van der Waals surface area contributed by atoms with Crippen LogP contribution in [0, 0.1) is 31.9 Å². The van der Waals surface area contributed by atoms with Gasteiger partial charge in [-0.05, 0) is 45.1 Å². The summed E-state index contributed by atoms with van der Waals surface area (Å²) in [5.41, 5.74) is -1.57. The highest BCUT2D eigenvalue weighted by Crippen LogP contribution is 2.18. The zero-order valence-corrected chi connectivity index (χ0v) is 17.4. The Bertz CT molecular complexity index is 1070. The number of nitro benzene ring substituents is 2. The number of carbonyl (C=O) groups excluding carboxylic acids is 1. The quantitative estimate of drug-likeness (QED) is 0.503. The Labute approximate surface area is 185 Å². The third-order valence-electron chi connectivity index (χ3n) is 4.86. The van der Waals surface area contributed by atoms with Crippen LogP contribution in [0.4, 0.5) is 20.2 Å². The predicted octanol–water partition coefficient (Wildman–Crippen LogP) is 2.99. The molecule has 11 nitrogen and oxygen atoms in total. The van der Waals surface area contributed by atoms with E-state index in [2.05, 4.69) is 10.2 Å². The number of piperidine rings is 1. The number of hydrogen-bond donors (Lipinski definition) is 2. The van der Waals surface area contributed by atoms with Crippen molar-refractivity contribution in [1.82, 2.24) is 10.2 Å². The molecule has 1 saturated heterocycles. The fraction of sp³-hybridized carbons (Fsp3) is 0.300. The summed E-state index contributed by atoms with van der Waals surface area (Å²) in [6.07, 6.45) is 1.63. The fourth-order valence-electron chi connectivity index (χ4n) is 3.01. The Morgan fingerprint density at radius 2 is 1.42 bits per heavy atom. The first-order valence-electron chi connectivity index (χ1n) is 9.60. The monoisotopic (exact) mass is 466 g/mol. The van der Waals surface area contributed by atoms with Crippen molar-refractivity contribution in [2.24, 2.45) is 0 Å². The normalized spacial score (nSPS) is 14.0. The number of nitrogens with zero attached hydrogens (tertiary/aromatic N) is 3. The highest BCUT2D eigenvalue weighted by Gasteiger charge is 2.22. The van der Waals surface area contributed by atoms with Gasteiger partial charge in [0.1, 0.15) is 11.6 Å². The Kier molecular flexibility index (Phi) is 8.45. The molecule has 0 bridgehead atoms. The number of nitrogens with one attached hydrogen (secondary N) is 1. The fourth-order valence-corrected chi connectivity index (χ4v) is 3.01. The van der Waals surface area contributed by atoms with E-state index < -0.39 is 44.6 Å². The highest BCUT2D eigenvalue weighted by atomic mass is 19.1. The Balaban J connectivity index is 0.000000257. The van der Waals surface area contributed by atoms with Crippen molar-refractivity contribution in [3.63, 3.8) is 0 Å². The maximum atomic E-state index is 13.7. The second-order valence-electron chi connectivity index (χ2n) is 7.20. The van der Waals surface area contributed by atoms with Crippen LogP contribution in [-0.2, 0) is 0 Å². The van der Waals surface area contributed by atoms with Gasteiger partial charge in [0.2, 0.25) is 0 Å². The number of carboxylic acid groups (broad SMARTS) is 1. The minimum atomic E-state index is -1.45. The van der Waals surface area contributed by atoms with Gasteiger partial charge in [-0.15, -0.1) is 0 Å². The van der Waals surface area contributed by atoms with E-state index in [1.165, 1.54) is 0 Å². The zero-order valence-electron chi connectivity index (χ0n) is 17.4. The molecule has 0 saturated carbocycles. The summed E-state index contributed by atoms with van der Waals surface area (Å²) in [5.74, 6) is -3.95. The second kappa shape index (κ2) is 11.0. The first-order chi connectivity index (χ1) is 15.5. The second-order valence-corrected chi connectivity index (χ2v) is 7.20. The summed E-state index contributed by atoms with van der Waals surface area (Å²) in [6.45, 7) is 1.77. The van der Waals surface area contributed by atoms with Crippen LogP contribution in [0.2, 0.25) is 0 Å². The van der Waals surface area contributed by atoms with Crippen LogP contribution in [-0.4, -0.2) is 57.9 Å². The molecular formula is C20H20F2N4O7. The predicted molar refractivity (Wildman–Crippen MR) is 111 cm³/mol. The summed E-state index contributed by atoms with van der Waals surface area (Å²) < 4.78 is 26.5. The smallest absolute Gasteiger partial charge is 0.338 e. The Morgan fingerprint density at radius 3 is 1.82 bits per heavy atom. The number of halogens is 2. The molecule has 1 aliphatic rings. The molecule has 1 heterocycles. The van der Waals surface area contributed by atoms with Gasteiger partial charge in [-0.2, -0.15) is 0 Å². The van der Waals surface area contributed by atoms with E-state index in [1.807, 2.05) is 7.05 Å². The van der Waals surface area contributed by atoms with Crippen LogP contribution in [0.1, 0.15) is 33.6 Å². The van der Waals surface area contributed by atoms with Gasteiger partial charge in [-0.25, -0.2) is 13.6 Å². The molecule has 2 aromatic carbocycles. The standard InChI is InChI=1S/C13H16FN3O3.C7H4FNO4/c1-16-6-4-9(5-7-16)15-13(18)11-3-2-10(17(19)20)8-12(11)14;8-6-3-4(9(12)13)1-2-5(6)7(10)11/h2-3,8-9H,4-7H2,1H3,(H,15,18);1-3H,(H,10,11). The van der Waals surface area contributed by atoms with Gasteiger partial charge < -0.3 is 15.3 Å². The molecule has 2 aromatic rings. The lowest BCUT2D eigenvalue weighted by Crippen LogP contribution is -2.43. The number of non-ortho nitro benzene ring substituents is 2. The molecule has 0 aromatic heterocycles. The van der Waals surface area contributed by atoms with Gasteiger partial charge in [0, 0.05) is 18.2 Å². The number of amides is 1. The van der Waals surface area contributed by atoms with E-state index in [1.54, 1.807) is 0 Å². The van der Waals surface area contributed by atoms with Crippen LogP contribution in [0.3, 0.4) is 0 Å². The van der Waals surface area contributed by atoms with Crippen molar-refractivity contribution in [2.45, 2.75) is 18.9 Å². The topological polar surface area (TPSA) is 156 Å². The van der Waals surface area contributed by atoms with Crippen LogP contribution >= 0.6 is 0 Å². The number of carbonyl (C=O) groups is 2. The lowest BCUT2D eigenvalue weighted by Gasteiger charge is -2.29. The molecule has 2 N–H and O–H groups in total. The molecule has 1 aliphatic heterocycles. The van der Waals surface area contributed by atoms with Crippen molar-refractivity contribution in [2.75, 3.05) is 20.1 Å². The van der Waals surface area contributed by atoms with Crippen molar-refractivity contribution >= 4 is 23.3 Å². The van der Waals surface area contributed by atoms with Crippen molar-refractivity contribution < 1.29 is 33.3 Å². The lowest BCUT2D eigenvalue weighted by atomic mass is 10.0. The minimum Gasteiger partial charge on any atom is -0.478 e. The highest BCUT2D eigenvalue weighted by molar-refractivity contribution is 5.94. The first-order valence-corrected chi connectivity index (χ1v) is 9.60. The number of hydrogen-bond acceptors (Lipinski definition) is 7. The zero-order chi connectivity index (χ0) is 24.7. The van der Waals surface area contributed by atoms with Gasteiger partial charge in [-0.3, -0.25) is 25.0 Å². The molecule has 176 valence electrons. The maximum absolute atomic E-state index is 13.7. The molecule has 0 aliphatic carbocycles. The average molecular weight is 466 g/mol. The SMILES string of the molecule is CN1CCC(NC(=O)c2ccc([N+](=O)[O-])cc2F)CC1.O=C(O)c1ccc([N+](=O)[O-])cc1F. The van der Waals surface area contributed by atoms with Gasteiger partial charge in [-0.1, -0.05) is 0 Å². The van der Waals surface area contributed by atoms with Crippen molar-refractivity contribution in [3.05, 3.63) is 79.4 Å². The van der Waals surface area contributed by atoms with Crippen LogP contribution in [0.25, 0.3) is 0 Å². The van der Waals surface area contributed by atoms with E-state index in [0.717, 1.165) is 56.3 Å². The average Bonchev–Trinajstić information content (AvgIpc) is 2.75. The summed E-state index contributed by atoms with van der Waals surface area (Å²) in [7, 11) is 2.01. The minimum absolute atomic E-state index is 0.0216. The molecule has 0 atom stereocenters. The maximum Gasteiger partial charge on any atom is 0.338 e. The summed E-state index contributed by atoms with van der Waals surface area (Å²) in [4.78, 5) is 43.6. The largest absolute Gasteiger partial charge is 0.478 e. The number of carboxylic acids is 1. The van der Waals surface area contributed by atoms with Crippen LogP contribution in [0.5, 0.6) is 0 Å². The molecule has 0 radical (unpaired) electrons. The van der Waals surface area contributed by atoms with Gasteiger partial charge in [0.25, 0.3) is 17.3 Å². The molecule has 0 spiro atoms. The molecule has 1 fully saturated rings. The van der Waals surface area contributed by atoms with Gasteiger partial charge in [0.15, 0.2) is 0 Å². The summed E-state index contributed by atoms with van der Waals surface area (Å²) >= 11 is 0. The molecule has 0 unspecified atom stereocenters. The van der Waals surface area contributed by atoms with Crippen LogP contribution < -0.4 is 5.32 Å². The molecule has 13 heteroatoms. The van der Waals surface area contributed by atoms with Crippen molar-refractivity contribution in [1.29, 1.82) is 0 Å². The molecule has 3 rings (SSSR count). The number of nitro groups is 2. The van der Waals surface area contributed by atoms with Gasteiger partial charge >= 0.3 is 5.97 Å². The third kappa shape index (κ3) is 7.00. The van der Waals surface area contributed by atoms with E-state index in [0.29, 0.717) is 6.07 Å². The Morgan fingerprint density at radius 1 is 0.970 bits per heavy atom. The lowest BCUT2D eigenvalue weighted by molar-refractivity contribution is -0.385.